The van der Waals surface area contributed by atoms with E-state index in [2.05, 4.69) is 34.1 Å². The van der Waals surface area contributed by atoms with Crippen molar-refractivity contribution in [1.82, 2.24) is 4.98 Å². The van der Waals surface area contributed by atoms with Gasteiger partial charge in [-0.3, -0.25) is 4.79 Å². The lowest BCUT2D eigenvalue weighted by Gasteiger charge is -2.12. The molecule has 0 saturated heterocycles. The molecule has 0 fully saturated rings. The second-order valence-corrected chi connectivity index (χ2v) is 5.41. The van der Waals surface area contributed by atoms with E-state index in [9.17, 15) is 4.79 Å². The fourth-order valence-electron chi connectivity index (χ4n) is 2.30. The van der Waals surface area contributed by atoms with Gasteiger partial charge in [-0.05, 0) is 17.5 Å². The molecular weight excluding hydrogens is 244 g/mol. The second kappa shape index (κ2) is 4.53. The molecule has 92 valence electrons. The van der Waals surface area contributed by atoms with Crippen LogP contribution in [0.2, 0.25) is 0 Å². The van der Waals surface area contributed by atoms with Crippen LogP contribution < -0.4 is 4.90 Å². The maximum absolute atomic E-state index is 11.0. The Morgan fingerprint density at radius 2 is 2.00 bits per heavy atom. The number of thiazole rings is 1. The number of aldehydes is 1. The minimum absolute atomic E-state index is 0.767. The molecule has 0 spiro atoms. The molecule has 0 radical (unpaired) electrons. The van der Waals surface area contributed by atoms with Crippen molar-refractivity contribution in [3.8, 4) is 0 Å². The first-order chi connectivity index (χ1) is 8.81. The van der Waals surface area contributed by atoms with Crippen LogP contribution in [-0.2, 0) is 19.5 Å². The maximum atomic E-state index is 11.0. The third-order valence-electron chi connectivity index (χ3n) is 3.27. The normalized spacial score (nSPS) is 13.7. The Hall–Kier alpha value is -1.68. The summed E-state index contributed by atoms with van der Waals surface area (Å²) >= 11 is 1.50. The number of benzene rings is 1. The average molecular weight is 258 g/mol. The summed E-state index contributed by atoms with van der Waals surface area (Å²) in [5.41, 5.74) is 3.64. The second-order valence-electron chi connectivity index (χ2n) is 4.40. The highest BCUT2D eigenvalue weighted by atomic mass is 32.1. The topological polar surface area (TPSA) is 33.2 Å². The first-order valence-corrected chi connectivity index (χ1v) is 6.90. The lowest BCUT2D eigenvalue weighted by Crippen LogP contribution is -2.14. The number of carbonyl (C=O) groups is 1. The van der Waals surface area contributed by atoms with E-state index >= 15 is 0 Å². The smallest absolute Gasteiger partial charge is 0.186 e. The Balaban J connectivity index is 1.90. The molecule has 0 amide bonds. The molecule has 0 bridgehead atoms. The summed E-state index contributed by atoms with van der Waals surface area (Å²) in [7, 11) is 0. The molecule has 1 aliphatic rings. The number of hydrogen-bond acceptors (Lipinski definition) is 4. The van der Waals surface area contributed by atoms with E-state index in [1.165, 1.54) is 22.5 Å². The van der Waals surface area contributed by atoms with Crippen LogP contribution in [0.15, 0.2) is 24.3 Å². The van der Waals surface area contributed by atoms with Crippen molar-refractivity contribution in [3.05, 3.63) is 46.0 Å². The molecule has 0 unspecified atom stereocenters. The fourth-order valence-corrected chi connectivity index (χ4v) is 3.27. The molecule has 2 heterocycles. The van der Waals surface area contributed by atoms with E-state index in [0.717, 1.165) is 41.5 Å². The van der Waals surface area contributed by atoms with Gasteiger partial charge in [0.15, 0.2) is 11.4 Å². The lowest BCUT2D eigenvalue weighted by atomic mass is 10.1. The molecule has 1 aromatic carbocycles. The highest BCUT2D eigenvalue weighted by Crippen LogP contribution is 2.32. The number of hydrogen-bond donors (Lipinski definition) is 0. The van der Waals surface area contributed by atoms with E-state index in [0.29, 0.717) is 0 Å². The molecule has 1 aliphatic heterocycles. The monoisotopic (exact) mass is 258 g/mol. The van der Waals surface area contributed by atoms with Gasteiger partial charge in [0.05, 0.1) is 10.6 Å². The Morgan fingerprint density at radius 3 is 2.50 bits per heavy atom. The van der Waals surface area contributed by atoms with Crippen LogP contribution in [0, 0.1) is 0 Å². The summed E-state index contributed by atoms with van der Waals surface area (Å²) in [5, 5.41) is 0.963. The molecule has 1 aromatic heterocycles. The Bertz CT molecular complexity index is 566. The van der Waals surface area contributed by atoms with Crippen molar-refractivity contribution < 1.29 is 4.79 Å². The van der Waals surface area contributed by atoms with Crippen LogP contribution in [0.1, 0.15) is 33.4 Å². The van der Waals surface area contributed by atoms with Gasteiger partial charge in [-0.25, -0.2) is 4.98 Å². The van der Waals surface area contributed by atoms with Gasteiger partial charge in [0.2, 0.25) is 0 Å². The van der Waals surface area contributed by atoms with Gasteiger partial charge < -0.3 is 4.90 Å². The SMILES string of the molecule is CCc1nc(N2Cc3ccccc3C2)sc1C=O. The van der Waals surface area contributed by atoms with Crippen LogP contribution in [0.5, 0.6) is 0 Å². The van der Waals surface area contributed by atoms with Crippen molar-refractivity contribution in [2.45, 2.75) is 26.4 Å². The van der Waals surface area contributed by atoms with Gasteiger partial charge in [0.25, 0.3) is 0 Å². The number of rotatable bonds is 3. The average Bonchev–Trinajstić information content (AvgIpc) is 3.01. The van der Waals surface area contributed by atoms with Crippen LogP contribution in [0.3, 0.4) is 0 Å². The first-order valence-electron chi connectivity index (χ1n) is 6.08. The molecule has 0 saturated carbocycles. The van der Waals surface area contributed by atoms with Crippen molar-refractivity contribution in [2.75, 3.05) is 4.90 Å². The Morgan fingerprint density at radius 1 is 1.33 bits per heavy atom. The highest BCUT2D eigenvalue weighted by Gasteiger charge is 2.22. The summed E-state index contributed by atoms with van der Waals surface area (Å²) in [5.74, 6) is 0. The molecule has 18 heavy (non-hydrogen) atoms. The fraction of sp³-hybridized carbons (Fsp3) is 0.286. The van der Waals surface area contributed by atoms with Crippen molar-refractivity contribution in [1.29, 1.82) is 0 Å². The quantitative estimate of drug-likeness (QED) is 0.793. The number of carbonyl (C=O) groups excluding carboxylic acids is 1. The zero-order valence-corrected chi connectivity index (χ0v) is 11.0. The van der Waals surface area contributed by atoms with Crippen LogP contribution in [0.25, 0.3) is 0 Å². The molecule has 3 rings (SSSR count). The maximum Gasteiger partial charge on any atom is 0.186 e. The number of aromatic nitrogens is 1. The predicted molar refractivity (Wildman–Crippen MR) is 73.2 cm³/mol. The van der Waals surface area contributed by atoms with Gasteiger partial charge in [-0.2, -0.15) is 0 Å². The van der Waals surface area contributed by atoms with Crippen LogP contribution in [0.4, 0.5) is 5.13 Å². The number of aryl methyl sites for hydroxylation is 1. The van der Waals surface area contributed by atoms with E-state index < -0.39 is 0 Å². The molecule has 2 aromatic rings. The molecule has 4 heteroatoms. The molecule has 0 aliphatic carbocycles. The lowest BCUT2D eigenvalue weighted by molar-refractivity contribution is 0.112. The van der Waals surface area contributed by atoms with E-state index in [4.69, 9.17) is 0 Å². The number of nitrogens with zero attached hydrogens (tertiary/aromatic N) is 2. The molecule has 0 N–H and O–H groups in total. The third kappa shape index (κ3) is 1.82. The van der Waals surface area contributed by atoms with Gasteiger partial charge in [-0.15, -0.1) is 0 Å². The highest BCUT2D eigenvalue weighted by molar-refractivity contribution is 7.17. The third-order valence-corrected chi connectivity index (χ3v) is 4.35. The van der Waals surface area contributed by atoms with Crippen molar-refractivity contribution in [2.24, 2.45) is 0 Å². The van der Waals surface area contributed by atoms with Gasteiger partial charge in [0, 0.05) is 13.1 Å². The van der Waals surface area contributed by atoms with Gasteiger partial charge in [-0.1, -0.05) is 42.5 Å². The minimum atomic E-state index is 0.767. The number of anilines is 1. The van der Waals surface area contributed by atoms with E-state index in [1.807, 2.05) is 6.92 Å². The molecule has 0 atom stereocenters. The molecular formula is C14H14N2OS. The standard InChI is InChI=1S/C14H14N2OS/c1-2-12-13(9-17)18-14(15-12)16-7-10-5-3-4-6-11(10)8-16/h3-6,9H,2,7-8H2,1H3. The first kappa shape index (κ1) is 11.4. The summed E-state index contributed by atoms with van der Waals surface area (Å²) in [6, 6.07) is 8.45. The zero-order valence-electron chi connectivity index (χ0n) is 10.2. The Kier molecular flexibility index (Phi) is 2.88. The minimum Gasteiger partial charge on any atom is -0.339 e. The predicted octanol–water partition coefficient (Wildman–Crippen LogP) is 3.04. The summed E-state index contributed by atoms with van der Waals surface area (Å²) in [4.78, 5) is 18.6. The largest absolute Gasteiger partial charge is 0.339 e. The number of fused-ring (bicyclic) bond motifs is 1. The zero-order chi connectivity index (χ0) is 12.5. The van der Waals surface area contributed by atoms with E-state index in [1.54, 1.807) is 0 Å². The van der Waals surface area contributed by atoms with Crippen molar-refractivity contribution >= 4 is 22.8 Å². The van der Waals surface area contributed by atoms with Crippen LogP contribution in [-0.4, -0.2) is 11.3 Å². The van der Waals surface area contributed by atoms with Gasteiger partial charge in [0.1, 0.15) is 0 Å². The van der Waals surface area contributed by atoms with Crippen molar-refractivity contribution in [3.63, 3.8) is 0 Å². The van der Waals surface area contributed by atoms with E-state index in [-0.39, 0.29) is 0 Å². The summed E-state index contributed by atoms with van der Waals surface area (Å²) in [6.07, 6.45) is 1.73. The summed E-state index contributed by atoms with van der Waals surface area (Å²) in [6.45, 7) is 3.82. The van der Waals surface area contributed by atoms with Gasteiger partial charge >= 0.3 is 0 Å². The Labute approximate surface area is 110 Å². The summed E-state index contributed by atoms with van der Waals surface area (Å²) < 4.78 is 0. The van der Waals surface area contributed by atoms with Crippen LogP contribution >= 0.6 is 11.3 Å². The molecule has 3 nitrogen and oxygen atoms in total.